The second-order valence-electron chi connectivity index (χ2n) is 4.76. The van der Waals surface area contributed by atoms with Crippen molar-refractivity contribution in [1.82, 2.24) is 0 Å². The first-order valence-electron chi connectivity index (χ1n) is 6.57. The summed E-state index contributed by atoms with van der Waals surface area (Å²) in [5.41, 5.74) is 1.60. The number of amides is 1. The Balaban J connectivity index is 1.96. The number of rotatable bonds is 2. The van der Waals surface area contributed by atoms with Crippen molar-refractivity contribution < 1.29 is 4.79 Å². The zero-order valence-electron chi connectivity index (χ0n) is 11.3. The lowest BCUT2D eigenvalue weighted by atomic mass is 10.1. The Morgan fingerprint density at radius 1 is 0.800 bits per heavy atom. The summed E-state index contributed by atoms with van der Waals surface area (Å²) in [6.07, 6.45) is 0. The van der Waals surface area contributed by atoms with Gasteiger partial charge in [0.05, 0.1) is 0 Å². The van der Waals surface area contributed by atoms with E-state index in [1.54, 1.807) is 11.9 Å². The summed E-state index contributed by atoms with van der Waals surface area (Å²) < 4.78 is 0. The third-order valence-corrected chi connectivity index (χ3v) is 3.44. The molecule has 0 saturated carbocycles. The SMILES string of the molecule is CN(C(=O)c1ccc2ccccc2c1)c1ccccc1. The molecule has 0 aromatic heterocycles. The average molecular weight is 261 g/mol. The standard InChI is InChI=1S/C18H15NO/c1-19(17-9-3-2-4-10-17)18(20)16-12-11-14-7-5-6-8-15(14)13-16/h2-13H,1H3. The van der Waals surface area contributed by atoms with Gasteiger partial charge in [0.25, 0.3) is 5.91 Å². The minimum atomic E-state index is 0.00181. The van der Waals surface area contributed by atoms with Gasteiger partial charge >= 0.3 is 0 Å². The molecule has 0 radical (unpaired) electrons. The Bertz CT molecular complexity index is 749. The molecule has 0 fully saturated rings. The summed E-state index contributed by atoms with van der Waals surface area (Å²) in [5, 5.41) is 2.23. The van der Waals surface area contributed by atoms with E-state index in [4.69, 9.17) is 0 Å². The highest BCUT2D eigenvalue weighted by Gasteiger charge is 2.13. The lowest BCUT2D eigenvalue weighted by Crippen LogP contribution is -2.26. The fourth-order valence-electron chi connectivity index (χ4n) is 2.28. The maximum Gasteiger partial charge on any atom is 0.258 e. The molecule has 0 aliphatic heterocycles. The largest absolute Gasteiger partial charge is 0.311 e. The van der Waals surface area contributed by atoms with E-state index in [0.29, 0.717) is 5.56 Å². The zero-order chi connectivity index (χ0) is 13.9. The van der Waals surface area contributed by atoms with Crippen LogP contribution in [0.4, 0.5) is 5.69 Å². The number of hydrogen-bond donors (Lipinski definition) is 0. The molecule has 3 aromatic carbocycles. The van der Waals surface area contributed by atoms with E-state index in [9.17, 15) is 4.79 Å². The molecule has 0 atom stereocenters. The summed E-state index contributed by atoms with van der Waals surface area (Å²) in [4.78, 5) is 14.2. The van der Waals surface area contributed by atoms with Gasteiger partial charge in [-0.25, -0.2) is 0 Å². The van der Waals surface area contributed by atoms with Crippen molar-refractivity contribution in [1.29, 1.82) is 0 Å². The number of hydrogen-bond acceptors (Lipinski definition) is 1. The van der Waals surface area contributed by atoms with E-state index in [-0.39, 0.29) is 5.91 Å². The van der Waals surface area contributed by atoms with Crippen LogP contribution >= 0.6 is 0 Å². The van der Waals surface area contributed by atoms with Gasteiger partial charge in [0.15, 0.2) is 0 Å². The molecule has 3 aromatic rings. The van der Waals surface area contributed by atoms with Gasteiger partial charge in [0, 0.05) is 18.3 Å². The molecule has 2 heteroatoms. The summed E-state index contributed by atoms with van der Waals surface area (Å²) in [6, 6.07) is 23.5. The van der Waals surface area contributed by atoms with Gasteiger partial charge in [-0.15, -0.1) is 0 Å². The van der Waals surface area contributed by atoms with Crippen LogP contribution < -0.4 is 4.90 Å². The Kier molecular flexibility index (Phi) is 3.21. The van der Waals surface area contributed by atoms with E-state index in [2.05, 4.69) is 0 Å². The first kappa shape index (κ1) is 12.4. The van der Waals surface area contributed by atoms with E-state index in [1.807, 2.05) is 72.8 Å². The van der Waals surface area contributed by atoms with Crippen molar-refractivity contribution in [3.63, 3.8) is 0 Å². The molecular formula is C18H15NO. The number of nitrogens with zero attached hydrogens (tertiary/aromatic N) is 1. The molecule has 2 nitrogen and oxygen atoms in total. The molecule has 0 unspecified atom stereocenters. The number of fused-ring (bicyclic) bond motifs is 1. The predicted octanol–water partition coefficient (Wildman–Crippen LogP) is 4.12. The lowest BCUT2D eigenvalue weighted by Gasteiger charge is -2.17. The van der Waals surface area contributed by atoms with Crippen molar-refractivity contribution in [2.24, 2.45) is 0 Å². The molecule has 0 spiro atoms. The minimum Gasteiger partial charge on any atom is -0.311 e. The van der Waals surface area contributed by atoms with Gasteiger partial charge in [-0.2, -0.15) is 0 Å². The Morgan fingerprint density at radius 2 is 1.45 bits per heavy atom. The van der Waals surface area contributed by atoms with Gasteiger partial charge in [-0.05, 0) is 35.0 Å². The molecule has 0 aliphatic carbocycles. The van der Waals surface area contributed by atoms with Crippen LogP contribution in [0, 0.1) is 0 Å². The Labute approximate surface area is 118 Å². The molecule has 0 saturated heterocycles. The molecule has 98 valence electrons. The molecule has 20 heavy (non-hydrogen) atoms. The lowest BCUT2D eigenvalue weighted by molar-refractivity contribution is 0.0993. The van der Waals surface area contributed by atoms with Crippen LogP contribution in [0.15, 0.2) is 72.8 Å². The maximum absolute atomic E-state index is 12.5. The highest BCUT2D eigenvalue weighted by molar-refractivity contribution is 6.07. The second-order valence-corrected chi connectivity index (χ2v) is 4.76. The van der Waals surface area contributed by atoms with Crippen LogP contribution in [0.2, 0.25) is 0 Å². The molecule has 0 heterocycles. The van der Waals surface area contributed by atoms with E-state index in [1.165, 1.54) is 0 Å². The average Bonchev–Trinajstić information content (AvgIpc) is 2.54. The summed E-state index contributed by atoms with van der Waals surface area (Å²) in [6.45, 7) is 0. The van der Waals surface area contributed by atoms with Crippen molar-refractivity contribution in [3.8, 4) is 0 Å². The van der Waals surface area contributed by atoms with Crippen LogP contribution in [0.25, 0.3) is 10.8 Å². The van der Waals surface area contributed by atoms with Gasteiger partial charge in [-0.3, -0.25) is 4.79 Å². The molecule has 0 N–H and O–H groups in total. The summed E-state index contributed by atoms with van der Waals surface area (Å²) in [7, 11) is 1.80. The number of para-hydroxylation sites is 1. The van der Waals surface area contributed by atoms with E-state index in [0.717, 1.165) is 16.5 Å². The number of carbonyl (C=O) groups excluding carboxylic acids is 1. The van der Waals surface area contributed by atoms with Gasteiger partial charge in [0.1, 0.15) is 0 Å². The fraction of sp³-hybridized carbons (Fsp3) is 0.0556. The maximum atomic E-state index is 12.5. The number of benzene rings is 3. The van der Waals surface area contributed by atoms with Crippen molar-refractivity contribution >= 4 is 22.4 Å². The second kappa shape index (κ2) is 5.17. The third kappa shape index (κ3) is 2.28. The normalized spacial score (nSPS) is 10.4. The van der Waals surface area contributed by atoms with Crippen LogP contribution in [0.1, 0.15) is 10.4 Å². The zero-order valence-corrected chi connectivity index (χ0v) is 11.3. The molecular weight excluding hydrogens is 246 g/mol. The molecule has 0 bridgehead atoms. The predicted molar refractivity (Wildman–Crippen MR) is 83.1 cm³/mol. The van der Waals surface area contributed by atoms with Crippen molar-refractivity contribution in [2.75, 3.05) is 11.9 Å². The topological polar surface area (TPSA) is 20.3 Å². The van der Waals surface area contributed by atoms with Crippen molar-refractivity contribution in [3.05, 3.63) is 78.4 Å². The van der Waals surface area contributed by atoms with Gasteiger partial charge in [0.2, 0.25) is 0 Å². The molecule has 3 rings (SSSR count). The minimum absolute atomic E-state index is 0.00181. The Hall–Kier alpha value is -2.61. The number of anilines is 1. The van der Waals surface area contributed by atoms with Gasteiger partial charge < -0.3 is 4.90 Å². The van der Waals surface area contributed by atoms with Crippen LogP contribution in [-0.4, -0.2) is 13.0 Å². The van der Waals surface area contributed by atoms with Crippen LogP contribution in [-0.2, 0) is 0 Å². The smallest absolute Gasteiger partial charge is 0.258 e. The van der Waals surface area contributed by atoms with E-state index < -0.39 is 0 Å². The van der Waals surface area contributed by atoms with E-state index >= 15 is 0 Å². The monoisotopic (exact) mass is 261 g/mol. The molecule has 1 amide bonds. The quantitative estimate of drug-likeness (QED) is 0.679. The third-order valence-electron chi connectivity index (χ3n) is 3.44. The van der Waals surface area contributed by atoms with Crippen molar-refractivity contribution in [2.45, 2.75) is 0 Å². The highest BCUT2D eigenvalue weighted by Crippen LogP contribution is 2.19. The summed E-state index contributed by atoms with van der Waals surface area (Å²) in [5.74, 6) is 0.00181. The highest BCUT2D eigenvalue weighted by atomic mass is 16.2. The fourth-order valence-corrected chi connectivity index (χ4v) is 2.28. The first-order valence-corrected chi connectivity index (χ1v) is 6.57. The Morgan fingerprint density at radius 3 is 2.20 bits per heavy atom. The van der Waals surface area contributed by atoms with Crippen LogP contribution in [0.3, 0.4) is 0 Å². The first-order chi connectivity index (χ1) is 9.75. The number of carbonyl (C=O) groups is 1. The van der Waals surface area contributed by atoms with Gasteiger partial charge in [-0.1, -0.05) is 48.5 Å². The summed E-state index contributed by atoms with van der Waals surface area (Å²) >= 11 is 0. The van der Waals surface area contributed by atoms with Crippen LogP contribution in [0.5, 0.6) is 0 Å². The molecule has 0 aliphatic rings.